The quantitative estimate of drug-likeness (QED) is 0.297. The van der Waals surface area contributed by atoms with Crippen molar-refractivity contribution in [2.45, 2.75) is 57.3 Å². The largest absolute Gasteiger partial charge is 0.382 e. The summed E-state index contributed by atoms with van der Waals surface area (Å²) in [6.07, 6.45) is 6.07. The Morgan fingerprint density at radius 2 is 1.90 bits per heavy atom. The number of dihydropyridines is 1. The fraction of sp³-hybridized carbons (Fsp3) is 0.323. The third-order valence-corrected chi connectivity index (χ3v) is 6.97. The van der Waals surface area contributed by atoms with Gasteiger partial charge in [0.1, 0.15) is 23.2 Å². The van der Waals surface area contributed by atoms with Crippen LogP contribution in [0, 0.1) is 17.1 Å². The van der Waals surface area contributed by atoms with E-state index in [0.717, 1.165) is 23.1 Å². The molecule has 2 atom stereocenters. The van der Waals surface area contributed by atoms with Crippen molar-refractivity contribution in [2.24, 2.45) is 10.7 Å². The molecule has 0 fully saturated rings. The standard InChI is InChI=1S/C31H35FN8O/c1-20(23-8-10-25(32)11-9-23)39-29(41)31(14-22(15-33)16-36-19-31)38-17-21-4-6-24(7-5-21)27-18-37-28(34)26(40-27)12-13-30(2,3)35/h4-11,14,16,18,20,38H,12-13,17,19,35H2,1-3H3,(H2,34,37)(H,39,41)/t20-,31?/m0/s1. The zero-order chi connectivity index (χ0) is 29.6. The first-order valence-corrected chi connectivity index (χ1v) is 13.4. The van der Waals surface area contributed by atoms with Crippen LogP contribution >= 0.6 is 0 Å². The van der Waals surface area contributed by atoms with Crippen LogP contribution in [-0.4, -0.2) is 39.7 Å². The highest BCUT2D eigenvalue weighted by atomic mass is 19.1. The number of aliphatic imine (C=N–C) groups is 1. The lowest BCUT2D eigenvalue weighted by Crippen LogP contribution is -2.58. The minimum atomic E-state index is -1.24. The molecule has 0 radical (unpaired) electrons. The maximum Gasteiger partial charge on any atom is 0.246 e. The first-order valence-electron chi connectivity index (χ1n) is 13.4. The molecule has 0 bridgehead atoms. The van der Waals surface area contributed by atoms with Crippen LogP contribution in [0.25, 0.3) is 11.3 Å². The first-order chi connectivity index (χ1) is 19.5. The highest BCUT2D eigenvalue weighted by Crippen LogP contribution is 2.23. The van der Waals surface area contributed by atoms with E-state index in [9.17, 15) is 14.4 Å². The number of anilines is 1. The van der Waals surface area contributed by atoms with Crippen LogP contribution in [0.15, 0.2) is 71.4 Å². The van der Waals surface area contributed by atoms with Crippen LogP contribution in [0.1, 0.15) is 50.1 Å². The van der Waals surface area contributed by atoms with Gasteiger partial charge in [0.2, 0.25) is 5.91 Å². The second-order valence-electron chi connectivity index (χ2n) is 11.0. The summed E-state index contributed by atoms with van der Waals surface area (Å²) in [7, 11) is 0. The van der Waals surface area contributed by atoms with Crippen LogP contribution in [0.4, 0.5) is 10.2 Å². The smallest absolute Gasteiger partial charge is 0.246 e. The number of benzene rings is 2. The van der Waals surface area contributed by atoms with Gasteiger partial charge in [-0.25, -0.2) is 14.4 Å². The summed E-state index contributed by atoms with van der Waals surface area (Å²) in [5, 5.41) is 15.8. The van der Waals surface area contributed by atoms with Crippen molar-refractivity contribution in [1.29, 1.82) is 5.26 Å². The summed E-state index contributed by atoms with van der Waals surface area (Å²) in [6.45, 7) is 6.21. The number of nitrogens with one attached hydrogen (secondary N) is 2. The zero-order valence-electron chi connectivity index (χ0n) is 23.5. The van der Waals surface area contributed by atoms with Crippen molar-refractivity contribution in [2.75, 3.05) is 12.3 Å². The SMILES string of the molecule is C[C@H](NC(=O)C1(NCc2ccc(-c3cnc(N)c(CCC(C)(C)N)n3)cc2)C=C(C#N)C=NC1)c1ccc(F)cc1. The molecule has 1 aromatic heterocycles. The predicted octanol–water partition coefficient (Wildman–Crippen LogP) is 3.77. The van der Waals surface area contributed by atoms with Gasteiger partial charge < -0.3 is 16.8 Å². The number of aryl methyl sites for hydroxylation is 1. The monoisotopic (exact) mass is 554 g/mol. The summed E-state index contributed by atoms with van der Waals surface area (Å²) >= 11 is 0. The Balaban J connectivity index is 1.49. The van der Waals surface area contributed by atoms with E-state index >= 15 is 0 Å². The number of nitrogens with zero attached hydrogens (tertiary/aromatic N) is 4. The lowest BCUT2D eigenvalue weighted by Gasteiger charge is -2.32. The summed E-state index contributed by atoms with van der Waals surface area (Å²) in [4.78, 5) is 26.9. The molecule has 3 aromatic rings. The number of hydrogen-bond acceptors (Lipinski definition) is 8. The molecule has 2 aromatic carbocycles. The Morgan fingerprint density at radius 3 is 2.56 bits per heavy atom. The van der Waals surface area contributed by atoms with Gasteiger partial charge in [0, 0.05) is 23.9 Å². The second kappa shape index (κ2) is 12.4. The molecule has 9 nitrogen and oxygen atoms in total. The summed E-state index contributed by atoms with van der Waals surface area (Å²) in [5.74, 6) is -0.281. The number of rotatable bonds is 10. The van der Waals surface area contributed by atoms with E-state index in [1.165, 1.54) is 18.3 Å². The molecule has 0 saturated heterocycles. The number of nitrogens with two attached hydrogens (primary N) is 2. The maximum absolute atomic E-state index is 13.6. The zero-order valence-corrected chi connectivity index (χ0v) is 23.5. The fourth-order valence-corrected chi connectivity index (χ4v) is 4.44. The molecule has 2 heterocycles. The van der Waals surface area contributed by atoms with E-state index in [0.29, 0.717) is 35.7 Å². The topological polar surface area (TPSA) is 155 Å². The van der Waals surface area contributed by atoms with E-state index in [-0.39, 0.29) is 29.8 Å². The third-order valence-electron chi connectivity index (χ3n) is 6.97. The van der Waals surface area contributed by atoms with Crippen molar-refractivity contribution < 1.29 is 9.18 Å². The number of nitrogen functional groups attached to an aromatic ring is 1. The van der Waals surface area contributed by atoms with Gasteiger partial charge in [-0.05, 0) is 62.9 Å². The molecule has 1 aliphatic heterocycles. The predicted molar refractivity (Wildman–Crippen MR) is 158 cm³/mol. The van der Waals surface area contributed by atoms with Crippen molar-refractivity contribution in [1.82, 2.24) is 20.6 Å². The highest BCUT2D eigenvalue weighted by Gasteiger charge is 2.38. The maximum atomic E-state index is 13.6. The summed E-state index contributed by atoms with van der Waals surface area (Å²) < 4.78 is 13.4. The van der Waals surface area contributed by atoms with E-state index in [1.54, 1.807) is 24.4 Å². The van der Waals surface area contributed by atoms with E-state index in [2.05, 4.69) is 26.7 Å². The van der Waals surface area contributed by atoms with Crippen LogP contribution in [-0.2, 0) is 17.8 Å². The molecule has 1 amide bonds. The average molecular weight is 555 g/mol. The number of aromatic nitrogens is 2. The molecule has 4 rings (SSSR count). The first kappa shape index (κ1) is 29.5. The number of carbonyl (C=O) groups is 1. The molecule has 41 heavy (non-hydrogen) atoms. The Morgan fingerprint density at radius 1 is 1.20 bits per heavy atom. The van der Waals surface area contributed by atoms with Gasteiger partial charge >= 0.3 is 0 Å². The van der Waals surface area contributed by atoms with Gasteiger partial charge in [-0.3, -0.25) is 15.1 Å². The third kappa shape index (κ3) is 7.60. The minimum absolute atomic E-state index is 0.127. The number of allylic oxidation sites excluding steroid dienone is 1. The van der Waals surface area contributed by atoms with Crippen molar-refractivity contribution in [3.05, 3.63) is 89.0 Å². The van der Waals surface area contributed by atoms with Crippen molar-refractivity contribution in [3.63, 3.8) is 0 Å². The average Bonchev–Trinajstić information content (AvgIpc) is 2.96. The molecular formula is C31H35FN8O. The number of nitriles is 1. The van der Waals surface area contributed by atoms with E-state index < -0.39 is 5.54 Å². The van der Waals surface area contributed by atoms with E-state index in [1.807, 2.05) is 45.0 Å². The molecule has 0 spiro atoms. The highest BCUT2D eigenvalue weighted by molar-refractivity contribution is 5.95. The number of carbonyl (C=O) groups excluding carboxylic acids is 1. The summed E-state index contributed by atoms with van der Waals surface area (Å²) in [6, 6.07) is 15.4. The molecule has 10 heteroatoms. The Labute approximate surface area is 239 Å². The Hall–Kier alpha value is -4.46. The molecule has 1 unspecified atom stereocenters. The van der Waals surface area contributed by atoms with Gasteiger partial charge in [0.25, 0.3) is 0 Å². The molecule has 0 aliphatic carbocycles. The number of amides is 1. The minimum Gasteiger partial charge on any atom is -0.382 e. The molecular weight excluding hydrogens is 519 g/mol. The number of hydrogen-bond donors (Lipinski definition) is 4. The molecule has 212 valence electrons. The Bertz CT molecular complexity index is 1490. The molecule has 6 N–H and O–H groups in total. The van der Waals surface area contributed by atoms with Crippen LogP contribution < -0.4 is 22.1 Å². The fourth-order valence-electron chi connectivity index (χ4n) is 4.44. The molecule has 0 saturated carbocycles. The van der Waals surface area contributed by atoms with Crippen LogP contribution in [0.2, 0.25) is 0 Å². The lowest BCUT2D eigenvalue weighted by molar-refractivity contribution is -0.126. The van der Waals surface area contributed by atoms with Gasteiger partial charge in [0.15, 0.2) is 0 Å². The lowest BCUT2D eigenvalue weighted by atomic mass is 9.92. The number of halogens is 1. The summed E-state index contributed by atoms with van der Waals surface area (Å²) in [5.41, 5.74) is 14.9. The van der Waals surface area contributed by atoms with Crippen molar-refractivity contribution >= 4 is 17.9 Å². The van der Waals surface area contributed by atoms with Gasteiger partial charge in [-0.1, -0.05) is 36.4 Å². The molecule has 1 aliphatic rings. The van der Waals surface area contributed by atoms with Gasteiger partial charge in [-0.2, -0.15) is 5.26 Å². The van der Waals surface area contributed by atoms with E-state index in [4.69, 9.17) is 16.5 Å². The van der Waals surface area contributed by atoms with Crippen LogP contribution in [0.3, 0.4) is 0 Å². The van der Waals surface area contributed by atoms with Crippen LogP contribution in [0.5, 0.6) is 0 Å². The van der Waals surface area contributed by atoms with Gasteiger partial charge in [-0.15, -0.1) is 0 Å². The second-order valence-corrected chi connectivity index (χ2v) is 11.0. The Kier molecular flexibility index (Phi) is 8.91. The van der Waals surface area contributed by atoms with Crippen molar-refractivity contribution in [3.8, 4) is 17.3 Å². The van der Waals surface area contributed by atoms with Gasteiger partial charge in [0.05, 0.1) is 35.7 Å². The normalized spacial score (nSPS) is 17.4.